The Balaban J connectivity index is 1.63. The van der Waals surface area contributed by atoms with Crippen molar-refractivity contribution in [3.8, 4) is 0 Å². The van der Waals surface area contributed by atoms with Crippen molar-refractivity contribution in [1.29, 1.82) is 0 Å². The molecular formula is C25H26N2O3S. The lowest BCUT2D eigenvalue weighted by Gasteiger charge is -2.27. The van der Waals surface area contributed by atoms with Crippen molar-refractivity contribution >= 4 is 21.6 Å². The van der Waals surface area contributed by atoms with Crippen LogP contribution in [-0.2, 0) is 16.4 Å². The predicted octanol–water partition coefficient (Wildman–Crippen LogP) is 4.63. The van der Waals surface area contributed by atoms with Gasteiger partial charge in [-0.1, -0.05) is 54.1 Å². The third-order valence-electron chi connectivity index (χ3n) is 5.84. The Morgan fingerprint density at radius 1 is 0.968 bits per heavy atom. The topological polar surface area (TPSA) is 66.5 Å². The molecule has 3 aromatic carbocycles. The molecular weight excluding hydrogens is 408 g/mol. The molecule has 1 aliphatic rings. The van der Waals surface area contributed by atoms with Crippen LogP contribution in [0.1, 0.15) is 45.9 Å². The molecule has 0 fully saturated rings. The van der Waals surface area contributed by atoms with Gasteiger partial charge in [-0.25, -0.2) is 8.42 Å². The maximum absolute atomic E-state index is 13.2. The molecule has 0 unspecified atom stereocenters. The first-order chi connectivity index (χ1) is 14.9. The SMILES string of the molecule is Cc1ccc(S(=O)(=O)N(C)c2ccccc2C(=O)N[C@H]2CCCc3ccccc32)cc1. The van der Waals surface area contributed by atoms with E-state index in [0.29, 0.717) is 11.3 Å². The minimum Gasteiger partial charge on any atom is -0.345 e. The average molecular weight is 435 g/mol. The number of aryl methyl sites for hydroxylation is 2. The summed E-state index contributed by atoms with van der Waals surface area (Å²) in [6.07, 6.45) is 2.88. The monoisotopic (exact) mass is 434 g/mol. The van der Waals surface area contributed by atoms with Gasteiger partial charge in [-0.2, -0.15) is 0 Å². The molecule has 0 radical (unpaired) electrons. The van der Waals surface area contributed by atoms with Crippen LogP contribution in [0.15, 0.2) is 77.7 Å². The first-order valence-corrected chi connectivity index (χ1v) is 11.9. The lowest BCUT2D eigenvalue weighted by molar-refractivity contribution is 0.0933. The molecule has 6 heteroatoms. The summed E-state index contributed by atoms with van der Waals surface area (Å²) >= 11 is 0. The Morgan fingerprint density at radius 3 is 2.42 bits per heavy atom. The number of benzene rings is 3. The highest BCUT2D eigenvalue weighted by Gasteiger charge is 2.27. The molecule has 4 rings (SSSR count). The second-order valence-electron chi connectivity index (χ2n) is 7.92. The zero-order valence-corrected chi connectivity index (χ0v) is 18.5. The van der Waals surface area contributed by atoms with Crippen molar-refractivity contribution in [3.05, 3.63) is 95.1 Å². The smallest absolute Gasteiger partial charge is 0.264 e. The average Bonchev–Trinajstić information content (AvgIpc) is 2.79. The van der Waals surface area contributed by atoms with Crippen LogP contribution in [0.4, 0.5) is 5.69 Å². The number of amides is 1. The minimum absolute atomic E-state index is 0.0792. The number of sulfonamides is 1. The van der Waals surface area contributed by atoms with E-state index in [9.17, 15) is 13.2 Å². The van der Waals surface area contributed by atoms with Crippen molar-refractivity contribution < 1.29 is 13.2 Å². The lowest BCUT2D eigenvalue weighted by Crippen LogP contribution is -2.33. The van der Waals surface area contributed by atoms with E-state index in [0.717, 1.165) is 30.4 Å². The Kier molecular flexibility index (Phi) is 5.83. The molecule has 1 amide bonds. The third-order valence-corrected chi connectivity index (χ3v) is 7.63. The standard InChI is InChI=1S/C25H26N2O3S/c1-18-14-16-20(17-15-18)31(29,30)27(2)24-13-6-5-11-22(24)25(28)26-23-12-7-9-19-8-3-4-10-21(19)23/h3-6,8,10-11,13-17,23H,7,9,12H2,1-2H3,(H,26,28)/t23-/m0/s1. The van der Waals surface area contributed by atoms with Crippen molar-refractivity contribution in [2.45, 2.75) is 37.1 Å². The second kappa shape index (κ2) is 8.55. The van der Waals surface area contributed by atoms with Crippen LogP contribution < -0.4 is 9.62 Å². The second-order valence-corrected chi connectivity index (χ2v) is 9.89. The van der Waals surface area contributed by atoms with Crippen molar-refractivity contribution in [3.63, 3.8) is 0 Å². The third kappa shape index (κ3) is 4.21. The molecule has 0 aliphatic heterocycles. The summed E-state index contributed by atoms with van der Waals surface area (Å²) < 4.78 is 27.5. The van der Waals surface area contributed by atoms with Crippen LogP contribution in [0.25, 0.3) is 0 Å². The van der Waals surface area contributed by atoms with Gasteiger partial charge in [0, 0.05) is 7.05 Å². The fourth-order valence-electron chi connectivity index (χ4n) is 4.08. The Bertz CT molecular complexity index is 1200. The Labute approximate surface area is 183 Å². The normalized spacial score (nSPS) is 15.7. The van der Waals surface area contributed by atoms with Gasteiger partial charge in [-0.3, -0.25) is 9.10 Å². The first-order valence-electron chi connectivity index (χ1n) is 10.4. The number of nitrogens with zero attached hydrogens (tertiary/aromatic N) is 1. The van der Waals surface area contributed by atoms with Gasteiger partial charge in [0.25, 0.3) is 15.9 Å². The van der Waals surface area contributed by atoms with Crippen LogP contribution in [0.2, 0.25) is 0 Å². The zero-order chi connectivity index (χ0) is 22.0. The van der Waals surface area contributed by atoms with Crippen LogP contribution in [0, 0.1) is 6.92 Å². The van der Waals surface area contributed by atoms with Gasteiger partial charge in [0.15, 0.2) is 0 Å². The van der Waals surface area contributed by atoms with Crippen molar-refractivity contribution in [2.24, 2.45) is 0 Å². The van der Waals surface area contributed by atoms with Gasteiger partial charge in [0.1, 0.15) is 0 Å². The summed E-state index contributed by atoms with van der Waals surface area (Å²) in [6.45, 7) is 1.91. The molecule has 0 saturated heterocycles. The number of carbonyl (C=O) groups is 1. The summed E-state index contributed by atoms with van der Waals surface area (Å²) in [5.74, 6) is -0.275. The summed E-state index contributed by atoms with van der Waals surface area (Å²) in [4.78, 5) is 13.4. The molecule has 0 aromatic heterocycles. The number of nitrogens with one attached hydrogen (secondary N) is 1. The van der Waals surface area contributed by atoms with Crippen LogP contribution in [-0.4, -0.2) is 21.4 Å². The van der Waals surface area contributed by atoms with Crippen LogP contribution in [0.5, 0.6) is 0 Å². The van der Waals surface area contributed by atoms with E-state index in [-0.39, 0.29) is 16.8 Å². The highest BCUT2D eigenvalue weighted by molar-refractivity contribution is 7.92. The van der Waals surface area contributed by atoms with E-state index in [2.05, 4.69) is 17.4 Å². The maximum Gasteiger partial charge on any atom is 0.264 e. The number of hydrogen-bond donors (Lipinski definition) is 1. The molecule has 0 spiro atoms. The number of hydrogen-bond acceptors (Lipinski definition) is 3. The van der Waals surface area contributed by atoms with Crippen molar-refractivity contribution in [2.75, 3.05) is 11.4 Å². The zero-order valence-electron chi connectivity index (χ0n) is 17.7. The Hall–Kier alpha value is -3.12. The van der Waals surface area contributed by atoms with Gasteiger partial charge in [-0.05, 0) is 61.6 Å². The van der Waals surface area contributed by atoms with Gasteiger partial charge >= 0.3 is 0 Å². The van der Waals surface area contributed by atoms with E-state index in [4.69, 9.17) is 0 Å². The van der Waals surface area contributed by atoms with Crippen LogP contribution >= 0.6 is 0 Å². The number of fused-ring (bicyclic) bond motifs is 1. The van der Waals surface area contributed by atoms with E-state index in [1.54, 1.807) is 48.5 Å². The fourth-order valence-corrected chi connectivity index (χ4v) is 5.29. The number of carbonyl (C=O) groups excluding carboxylic acids is 1. The molecule has 31 heavy (non-hydrogen) atoms. The van der Waals surface area contributed by atoms with Gasteiger partial charge in [0.05, 0.1) is 22.2 Å². The molecule has 0 bridgehead atoms. The molecule has 3 aromatic rings. The van der Waals surface area contributed by atoms with Gasteiger partial charge < -0.3 is 5.32 Å². The first kappa shape index (κ1) is 21.1. The summed E-state index contributed by atoms with van der Waals surface area (Å²) in [7, 11) is -2.31. The molecule has 1 atom stereocenters. The maximum atomic E-state index is 13.2. The highest BCUT2D eigenvalue weighted by atomic mass is 32.2. The van der Waals surface area contributed by atoms with Gasteiger partial charge in [-0.15, -0.1) is 0 Å². The molecule has 5 nitrogen and oxygen atoms in total. The van der Waals surface area contributed by atoms with E-state index >= 15 is 0 Å². The number of anilines is 1. The lowest BCUT2D eigenvalue weighted by atomic mass is 9.87. The molecule has 160 valence electrons. The van der Waals surface area contributed by atoms with E-state index in [1.807, 2.05) is 19.1 Å². The van der Waals surface area contributed by atoms with E-state index < -0.39 is 10.0 Å². The molecule has 0 saturated carbocycles. The number of para-hydroxylation sites is 1. The molecule has 0 heterocycles. The summed E-state index contributed by atoms with van der Waals surface area (Å²) in [5, 5.41) is 3.12. The van der Waals surface area contributed by atoms with Crippen LogP contribution in [0.3, 0.4) is 0 Å². The molecule has 1 N–H and O–H groups in total. The van der Waals surface area contributed by atoms with E-state index in [1.165, 1.54) is 16.9 Å². The van der Waals surface area contributed by atoms with Crippen molar-refractivity contribution in [1.82, 2.24) is 5.32 Å². The summed E-state index contributed by atoms with van der Waals surface area (Å²) in [5.41, 5.74) is 4.06. The van der Waals surface area contributed by atoms with Gasteiger partial charge in [0.2, 0.25) is 0 Å². The number of rotatable bonds is 5. The molecule has 1 aliphatic carbocycles. The quantitative estimate of drug-likeness (QED) is 0.637. The fraction of sp³-hybridized carbons (Fsp3) is 0.240. The predicted molar refractivity (Wildman–Crippen MR) is 123 cm³/mol. The Morgan fingerprint density at radius 2 is 1.65 bits per heavy atom. The minimum atomic E-state index is -3.79. The highest BCUT2D eigenvalue weighted by Crippen LogP contribution is 2.31. The summed E-state index contributed by atoms with van der Waals surface area (Å²) in [6, 6.07) is 21.6. The largest absolute Gasteiger partial charge is 0.345 e.